The number of allylic oxidation sites excluding steroid dienone is 1. The maximum Gasteiger partial charge on any atom is 0.0511 e. The van der Waals surface area contributed by atoms with Gasteiger partial charge in [-0.15, -0.1) is 0 Å². The smallest absolute Gasteiger partial charge is 0.0511 e. The van der Waals surface area contributed by atoms with E-state index in [0.29, 0.717) is 0 Å². The standard InChI is InChI=1S/C5H11N3/c1-2-5(3-6)4-8-7/h3-4H,2,6-7H2,1H3. The molecule has 0 aliphatic carbocycles. The Balaban J connectivity index is 3.72. The quantitative estimate of drug-likeness (QED) is 0.305. The molecule has 46 valence electrons. The van der Waals surface area contributed by atoms with Crippen molar-refractivity contribution in [2.24, 2.45) is 16.7 Å². The van der Waals surface area contributed by atoms with Gasteiger partial charge in [-0.25, -0.2) is 0 Å². The maximum absolute atomic E-state index is 5.16. The van der Waals surface area contributed by atoms with Crippen LogP contribution in [0.3, 0.4) is 0 Å². The van der Waals surface area contributed by atoms with Crippen LogP contribution in [-0.4, -0.2) is 6.21 Å². The molecular weight excluding hydrogens is 102 g/mol. The molecule has 0 rings (SSSR count). The first-order chi connectivity index (χ1) is 3.85. The highest BCUT2D eigenvalue weighted by molar-refractivity contribution is 5.77. The molecule has 8 heavy (non-hydrogen) atoms. The van der Waals surface area contributed by atoms with Gasteiger partial charge < -0.3 is 11.6 Å². The average Bonchev–Trinajstić information content (AvgIpc) is 1.83. The van der Waals surface area contributed by atoms with E-state index in [2.05, 4.69) is 5.10 Å². The molecule has 0 spiro atoms. The van der Waals surface area contributed by atoms with Crippen LogP contribution < -0.4 is 11.6 Å². The first kappa shape index (κ1) is 7.01. The monoisotopic (exact) mass is 113 g/mol. The summed E-state index contributed by atoms with van der Waals surface area (Å²) in [7, 11) is 0. The Hall–Kier alpha value is -0.990. The fraction of sp³-hybridized carbons (Fsp3) is 0.400. The predicted molar refractivity (Wildman–Crippen MR) is 35.2 cm³/mol. The molecular formula is C5H11N3. The first-order valence-corrected chi connectivity index (χ1v) is 2.49. The van der Waals surface area contributed by atoms with Gasteiger partial charge in [-0.05, 0) is 18.2 Å². The minimum atomic E-state index is 0.872. The molecule has 0 fully saturated rings. The molecule has 0 aromatic carbocycles. The second kappa shape index (κ2) is 4.18. The topological polar surface area (TPSA) is 64.4 Å². The summed E-state index contributed by atoms with van der Waals surface area (Å²) in [5.41, 5.74) is 6.11. The number of nitrogens with zero attached hydrogens (tertiary/aromatic N) is 1. The molecule has 0 aliphatic rings. The van der Waals surface area contributed by atoms with E-state index in [1.165, 1.54) is 6.20 Å². The van der Waals surface area contributed by atoms with E-state index in [1.54, 1.807) is 6.21 Å². The van der Waals surface area contributed by atoms with Gasteiger partial charge >= 0.3 is 0 Å². The highest BCUT2D eigenvalue weighted by Crippen LogP contribution is 1.91. The summed E-state index contributed by atoms with van der Waals surface area (Å²) in [5, 5.41) is 3.30. The molecule has 0 saturated heterocycles. The number of hydrogen-bond acceptors (Lipinski definition) is 3. The highest BCUT2D eigenvalue weighted by atomic mass is 15.1. The lowest BCUT2D eigenvalue weighted by atomic mass is 10.2. The molecule has 0 saturated carbocycles. The lowest BCUT2D eigenvalue weighted by Gasteiger charge is -1.88. The molecule has 0 aromatic rings. The lowest BCUT2D eigenvalue weighted by Crippen LogP contribution is -1.91. The molecule has 4 N–H and O–H groups in total. The van der Waals surface area contributed by atoms with E-state index in [-0.39, 0.29) is 0 Å². The van der Waals surface area contributed by atoms with Gasteiger partial charge in [0.15, 0.2) is 0 Å². The zero-order valence-corrected chi connectivity index (χ0v) is 4.96. The Labute approximate surface area is 49.1 Å². The number of nitrogens with two attached hydrogens (primary N) is 2. The van der Waals surface area contributed by atoms with Crippen molar-refractivity contribution in [2.75, 3.05) is 0 Å². The third kappa shape index (κ3) is 2.23. The fourth-order valence-corrected chi connectivity index (χ4v) is 0.348. The van der Waals surface area contributed by atoms with Crippen LogP contribution in [0.1, 0.15) is 13.3 Å². The van der Waals surface area contributed by atoms with Crippen molar-refractivity contribution >= 4 is 6.21 Å². The van der Waals surface area contributed by atoms with Crippen LogP contribution >= 0.6 is 0 Å². The van der Waals surface area contributed by atoms with Crippen LogP contribution in [0, 0.1) is 0 Å². The Bertz CT molecular complexity index is 101. The Morgan fingerprint density at radius 3 is 2.50 bits per heavy atom. The Morgan fingerprint density at radius 2 is 2.38 bits per heavy atom. The first-order valence-electron chi connectivity index (χ1n) is 2.49. The summed E-state index contributed by atoms with van der Waals surface area (Å²) >= 11 is 0. The molecule has 0 heterocycles. The molecule has 3 nitrogen and oxygen atoms in total. The summed E-state index contributed by atoms with van der Waals surface area (Å²) in [5.74, 6) is 4.85. The zero-order chi connectivity index (χ0) is 6.41. The molecule has 3 heteroatoms. The number of rotatable bonds is 2. The zero-order valence-electron chi connectivity index (χ0n) is 4.96. The predicted octanol–water partition coefficient (Wildman–Crippen LogP) is 0.184. The molecule has 0 atom stereocenters. The molecule has 0 amide bonds. The van der Waals surface area contributed by atoms with Gasteiger partial charge in [0.25, 0.3) is 0 Å². The fourth-order valence-electron chi connectivity index (χ4n) is 0.348. The molecule has 0 bridgehead atoms. The molecule has 0 unspecified atom stereocenters. The van der Waals surface area contributed by atoms with Gasteiger partial charge in [0, 0.05) is 0 Å². The highest BCUT2D eigenvalue weighted by Gasteiger charge is 1.82. The van der Waals surface area contributed by atoms with Crippen LogP contribution in [0.4, 0.5) is 0 Å². The SMILES string of the molecule is CCC(C=NN)=CN. The summed E-state index contributed by atoms with van der Waals surface area (Å²) in [6, 6.07) is 0. The Kier molecular flexibility index (Phi) is 3.66. The van der Waals surface area contributed by atoms with Crippen LogP contribution in [0.15, 0.2) is 16.9 Å². The average molecular weight is 113 g/mol. The third-order valence-electron chi connectivity index (χ3n) is 0.863. The van der Waals surface area contributed by atoms with Crippen molar-refractivity contribution in [1.82, 2.24) is 0 Å². The van der Waals surface area contributed by atoms with E-state index >= 15 is 0 Å². The van der Waals surface area contributed by atoms with Crippen LogP contribution in [0.25, 0.3) is 0 Å². The second-order valence-electron chi connectivity index (χ2n) is 1.37. The summed E-state index contributed by atoms with van der Waals surface area (Å²) < 4.78 is 0. The van der Waals surface area contributed by atoms with Gasteiger partial charge in [-0.2, -0.15) is 5.10 Å². The van der Waals surface area contributed by atoms with E-state index in [4.69, 9.17) is 11.6 Å². The minimum Gasteiger partial charge on any atom is -0.404 e. The maximum atomic E-state index is 5.16. The van der Waals surface area contributed by atoms with E-state index in [9.17, 15) is 0 Å². The van der Waals surface area contributed by atoms with E-state index in [1.807, 2.05) is 6.92 Å². The van der Waals surface area contributed by atoms with Crippen molar-refractivity contribution < 1.29 is 0 Å². The lowest BCUT2D eigenvalue weighted by molar-refractivity contribution is 1.15. The summed E-state index contributed by atoms with van der Waals surface area (Å²) in [6.07, 6.45) is 3.91. The summed E-state index contributed by atoms with van der Waals surface area (Å²) in [6.45, 7) is 1.99. The van der Waals surface area contributed by atoms with Crippen LogP contribution in [-0.2, 0) is 0 Å². The molecule has 0 aliphatic heterocycles. The van der Waals surface area contributed by atoms with Crippen molar-refractivity contribution in [3.8, 4) is 0 Å². The van der Waals surface area contributed by atoms with Gasteiger partial charge in [-0.1, -0.05) is 6.92 Å². The molecule has 0 aromatic heterocycles. The van der Waals surface area contributed by atoms with Crippen molar-refractivity contribution in [3.63, 3.8) is 0 Å². The van der Waals surface area contributed by atoms with E-state index < -0.39 is 0 Å². The van der Waals surface area contributed by atoms with Crippen LogP contribution in [0.2, 0.25) is 0 Å². The van der Waals surface area contributed by atoms with Gasteiger partial charge in [0.1, 0.15) is 0 Å². The van der Waals surface area contributed by atoms with Crippen molar-refractivity contribution in [3.05, 3.63) is 11.8 Å². The number of hydrogen-bond donors (Lipinski definition) is 2. The third-order valence-corrected chi connectivity index (χ3v) is 0.863. The molecule has 0 radical (unpaired) electrons. The van der Waals surface area contributed by atoms with Crippen molar-refractivity contribution in [2.45, 2.75) is 13.3 Å². The van der Waals surface area contributed by atoms with Gasteiger partial charge in [-0.3, -0.25) is 0 Å². The minimum absolute atomic E-state index is 0.872. The normalized spacial score (nSPS) is 12.9. The van der Waals surface area contributed by atoms with Crippen LogP contribution in [0.5, 0.6) is 0 Å². The van der Waals surface area contributed by atoms with Gasteiger partial charge in [0.05, 0.1) is 6.21 Å². The van der Waals surface area contributed by atoms with E-state index in [0.717, 1.165) is 12.0 Å². The number of hydrazone groups is 1. The Morgan fingerprint density at radius 1 is 1.75 bits per heavy atom. The second-order valence-corrected chi connectivity index (χ2v) is 1.37. The van der Waals surface area contributed by atoms with Crippen molar-refractivity contribution in [1.29, 1.82) is 0 Å². The van der Waals surface area contributed by atoms with Gasteiger partial charge in [0.2, 0.25) is 0 Å². The largest absolute Gasteiger partial charge is 0.404 e. The summed E-state index contributed by atoms with van der Waals surface area (Å²) in [4.78, 5) is 0.